The number of aryl methyl sites for hydroxylation is 2. The van der Waals surface area contributed by atoms with Crippen LogP contribution in [-0.4, -0.2) is 44.7 Å². The molecule has 0 radical (unpaired) electrons. The predicted molar refractivity (Wildman–Crippen MR) is 91.1 cm³/mol. The first-order valence-electron chi connectivity index (χ1n) is 7.38. The Hall–Kier alpha value is -2.28. The fourth-order valence-electron chi connectivity index (χ4n) is 2.40. The van der Waals surface area contributed by atoms with Gasteiger partial charge in [-0.25, -0.2) is 4.68 Å². The summed E-state index contributed by atoms with van der Waals surface area (Å²) in [5.41, 5.74) is 2.86. The summed E-state index contributed by atoms with van der Waals surface area (Å²) in [6.07, 6.45) is 0. The number of carbonyl (C=O) groups is 2. The van der Waals surface area contributed by atoms with Crippen LogP contribution in [0.25, 0.3) is 5.69 Å². The summed E-state index contributed by atoms with van der Waals surface area (Å²) in [6.45, 7) is 4.59. The van der Waals surface area contributed by atoms with Crippen molar-refractivity contribution in [3.63, 3.8) is 0 Å². The van der Waals surface area contributed by atoms with Crippen molar-refractivity contribution in [1.82, 2.24) is 14.7 Å². The topological polar surface area (TPSA) is 67.2 Å². The molecule has 0 atom stereocenters. The van der Waals surface area contributed by atoms with E-state index in [1.165, 1.54) is 11.8 Å². The van der Waals surface area contributed by atoms with E-state index in [1.54, 1.807) is 9.58 Å². The molecule has 1 aliphatic rings. The first-order chi connectivity index (χ1) is 11.0. The molecule has 2 heterocycles. The molecule has 23 heavy (non-hydrogen) atoms. The van der Waals surface area contributed by atoms with Gasteiger partial charge in [0, 0.05) is 18.4 Å². The zero-order valence-electron chi connectivity index (χ0n) is 13.1. The third-order valence-electron chi connectivity index (χ3n) is 3.56. The van der Waals surface area contributed by atoms with Gasteiger partial charge in [-0.1, -0.05) is 29.5 Å². The molecule has 1 aromatic carbocycles. The van der Waals surface area contributed by atoms with E-state index in [4.69, 9.17) is 0 Å². The number of benzene rings is 1. The Morgan fingerprint density at radius 3 is 2.70 bits per heavy atom. The molecule has 0 unspecified atom stereocenters. The highest BCUT2D eigenvalue weighted by Gasteiger charge is 2.23. The average Bonchev–Trinajstić information content (AvgIpc) is 3.06. The van der Waals surface area contributed by atoms with Gasteiger partial charge in [-0.3, -0.25) is 9.59 Å². The van der Waals surface area contributed by atoms with Gasteiger partial charge in [-0.05, 0) is 26.0 Å². The fraction of sp³-hybridized carbons (Fsp3) is 0.312. The number of carbonyl (C=O) groups excluding carboxylic acids is 2. The molecule has 2 aromatic rings. The fourth-order valence-corrected chi connectivity index (χ4v) is 3.22. The third-order valence-corrected chi connectivity index (χ3v) is 4.45. The molecule has 1 aromatic heterocycles. The van der Waals surface area contributed by atoms with Crippen LogP contribution in [0.4, 0.5) is 10.6 Å². The van der Waals surface area contributed by atoms with E-state index in [1.807, 2.05) is 44.2 Å². The van der Waals surface area contributed by atoms with E-state index in [2.05, 4.69) is 10.4 Å². The lowest BCUT2D eigenvalue weighted by molar-refractivity contribution is -0.116. The number of anilines is 1. The number of hydrogen-bond donors (Lipinski definition) is 1. The summed E-state index contributed by atoms with van der Waals surface area (Å²) in [5, 5.41) is 7.24. The van der Waals surface area contributed by atoms with Gasteiger partial charge in [0.05, 0.1) is 11.4 Å². The van der Waals surface area contributed by atoms with E-state index in [-0.39, 0.29) is 17.7 Å². The second kappa shape index (κ2) is 6.45. The smallest absolute Gasteiger partial charge is 0.282 e. The lowest BCUT2D eigenvalue weighted by Gasteiger charge is -2.14. The van der Waals surface area contributed by atoms with Crippen molar-refractivity contribution in [2.45, 2.75) is 13.8 Å². The number of thioether (sulfide) groups is 1. The Balaban J connectivity index is 1.76. The molecule has 120 valence electrons. The van der Waals surface area contributed by atoms with Gasteiger partial charge in [0.2, 0.25) is 5.91 Å². The number of hydrogen-bond acceptors (Lipinski definition) is 4. The van der Waals surface area contributed by atoms with Crippen LogP contribution >= 0.6 is 11.8 Å². The first-order valence-corrected chi connectivity index (χ1v) is 8.37. The van der Waals surface area contributed by atoms with Crippen LogP contribution < -0.4 is 5.32 Å². The van der Waals surface area contributed by atoms with Gasteiger partial charge < -0.3 is 10.2 Å². The third kappa shape index (κ3) is 3.56. The summed E-state index contributed by atoms with van der Waals surface area (Å²) < 4.78 is 1.70. The Morgan fingerprint density at radius 2 is 2.04 bits per heavy atom. The van der Waals surface area contributed by atoms with Crippen molar-refractivity contribution in [3.05, 3.63) is 41.6 Å². The van der Waals surface area contributed by atoms with E-state index in [0.29, 0.717) is 12.4 Å². The minimum Gasteiger partial charge on any atom is -0.323 e. The lowest BCUT2D eigenvalue weighted by atomic mass is 10.2. The maximum atomic E-state index is 12.2. The first kappa shape index (κ1) is 15.6. The zero-order valence-corrected chi connectivity index (χ0v) is 13.9. The Labute approximate surface area is 138 Å². The SMILES string of the molecule is Cc1ccc(-n2nc(C)cc2NC(=O)CN2CCSC2=O)cc1. The van der Waals surface area contributed by atoms with Crippen molar-refractivity contribution in [1.29, 1.82) is 0 Å². The molecule has 6 nitrogen and oxygen atoms in total. The summed E-state index contributed by atoms with van der Waals surface area (Å²) in [5.74, 6) is 1.14. The Bertz CT molecular complexity index is 739. The van der Waals surface area contributed by atoms with Gasteiger partial charge in [0.1, 0.15) is 12.4 Å². The number of nitrogens with zero attached hydrogens (tertiary/aromatic N) is 3. The van der Waals surface area contributed by atoms with Gasteiger partial charge in [-0.2, -0.15) is 5.10 Å². The molecule has 2 amide bonds. The van der Waals surface area contributed by atoms with Gasteiger partial charge in [0.25, 0.3) is 5.24 Å². The normalized spacial score (nSPS) is 14.3. The largest absolute Gasteiger partial charge is 0.323 e. The molecule has 1 saturated heterocycles. The van der Waals surface area contributed by atoms with Gasteiger partial charge in [0.15, 0.2) is 0 Å². The molecular weight excluding hydrogens is 312 g/mol. The summed E-state index contributed by atoms with van der Waals surface area (Å²) in [7, 11) is 0. The van der Waals surface area contributed by atoms with Crippen molar-refractivity contribution < 1.29 is 9.59 Å². The minimum atomic E-state index is -0.214. The van der Waals surface area contributed by atoms with Crippen LogP contribution in [0.5, 0.6) is 0 Å². The molecule has 1 N–H and O–H groups in total. The second-order valence-electron chi connectivity index (χ2n) is 5.50. The monoisotopic (exact) mass is 330 g/mol. The van der Waals surface area contributed by atoms with E-state index >= 15 is 0 Å². The van der Waals surface area contributed by atoms with Crippen molar-refractivity contribution in [2.75, 3.05) is 24.2 Å². The zero-order chi connectivity index (χ0) is 16.4. The molecule has 7 heteroatoms. The second-order valence-corrected chi connectivity index (χ2v) is 6.55. The number of amides is 2. The highest BCUT2D eigenvalue weighted by Crippen LogP contribution is 2.19. The molecule has 0 aliphatic carbocycles. The molecule has 1 aliphatic heterocycles. The maximum Gasteiger partial charge on any atom is 0.282 e. The average molecular weight is 330 g/mol. The lowest BCUT2D eigenvalue weighted by Crippen LogP contribution is -2.33. The van der Waals surface area contributed by atoms with Gasteiger partial charge >= 0.3 is 0 Å². The predicted octanol–water partition coefficient (Wildman–Crippen LogP) is 2.60. The van der Waals surface area contributed by atoms with E-state index < -0.39 is 0 Å². The van der Waals surface area contributed by atoms with Crippen LogP contribution in [0, 0.1) is 13.8 Å². The van der Waals surface area contributed by atoms with E-state index in [9.17, 15) is 9.59 Å². The van der Waals surface area contributed by atoms with Crippen molar-refractivity contribution >= 4 is 28.7 Å². The van der Waals surface area contributed by atoms with Crippen LogP contribution in [0.1, 0.15) is 11.3 Å². The highest BCUT2D eigenvalue weighted by molar-refractivity contribution is 8.13. The summed E-state index contributed by atoms with van der Waals surface area (Å²) in [6, 6.07) is 9.73. The molecule has 3 rings (SSSR count). The number of nitrogens with one attached hydrogen (secondary N) is 1. The van der Waals surface area contributed by atoms with Crippen LogP contribution in [0.3, 0.4) is 0 Å². The molecule has 1 fully saturated rings. The number of aromatic nitrogens is 2. The van der Waals surface area contributed by atoms with Crippen LogP contribution in [0.15, 0.2) is 30.3 Å². The van der Waals surface area contributed by atoms with Crippen LogP contribution in [0.2, 0.25) is 0 Å². The van der Waals surface area contributed by atoms with Crippen molar-refractivity contribution in [3.8, 4) is 5.69 Å². The molecule has 0 bridgehead atoms. The quantitative estimate of drug-likeness (QED) is 0.936. The van der Waals surface area contributed by atoms with Crippen molar-refractivity contribution in [2.24, 2.45) is 0 Å². The Kier molecular flexibility index (Phi) is 4.38. The molecule has 0 saturated carbocycles. The van der Waals surface area contributed by atoms with Crippen LogP contribution in [-0.2, 0) is 4.79 Å². The minimum absolute atomic E-state index is 0.0385. The van der Waals surface area contributed by atoms with Gasteiger partial charge in [-0.15, -0.1) is 0 Å². The van der Waals surface area contributed by atoms with E-state index in [0.717, 1.165) is 22.7 Å². The standard InChI is InChI=1S/C16H18N4O2S/c1-11-3-5-13(6-4-11)20-14(9-12(2)18-20)17-15(21)10-19-7-8-23-16(19)22/h3-6,9H,7-8,10H2,1-2H3,(H,17,21). The molecular formula is C16H18N4O2S. The number of rotatable bonds is 4. The summed E-state index contributed by atoms with van der Waals surface area (Å²) in [4.78, 5) is 25.3. The molecule has 0 spiro atoms. The maximum absolute atomic E-state index is 12.2. The summed E-state index contributed by atoms with van der Waals surface area (Å²) >= 11 is 1.25. The Morgan fingerprint density at radius 1 is 1.30 bits per heavy atom. The highest BCUT2D eigenvalue weighted by atomic mass is 32.2.